The van der Waals surface area contributed by atoms with Gasteiger partial charge in [0.25, 0.3) is 0 Å². The van der Waals surface area contributed by atoms with E-state index < -0.39 is 18.5 Å². The Bertz CT molecular complexity index is 1370. The van der Waals surface area contributed by atoms with E-state index in [1.165, 1.54) is 4.31 Å². The summed E-state index contributed by atoms with van der Waals surface area (Å²) in [4.78, 5) is 11.4. The first kappa shape index (κ1) is 29.3. The van der Waals surface area contributed by atoms with Crippen molar-refractivity contribution in [1.29, 1.82) is 0 Å². The maximum atomic E-state index is 12.6. The van der Waals surface area contributed by atoms with Crippen LogP contribution in [0.4, 0.5) is 5.82 Å². The van der Waals surface area contributed by atoms with Crippen LogP contribution in [0.2, 0.25) is 18.1 Å². The van der Waals surface area contributed by atoms with Crippen LogP contribution in [-0.2, 0) is 14.6 Å². The van der Waals surface area contributed by atoms with E-state index in [9.17, 15) is 8.42 Å². The molecule has 0 amide bonds. The number of rotatable bonds is 8. The van der Waals surface area contributed by atoms with Crippen molar-refractivity contribution in [1.82, 2.24) is 14.3 Å². The van der Waals surface area contributed by atoms with Gasteiger partial charge in [0.05, 0.1) is 31.6 Å². The second kappa shape index (κ2) is 11.1. The van der Waals surface area contributed by atoms with Gasteiger partial charge in [-0.05, 0) is 56.0 Å². The van der Waals surface area contributed by atoms with Crippen LogP contribution in [0.1, 0.15) is 40.5 Å². The number of hydrogen-bond acceptors (Lipinski definition) is 8. The van der Waals surface area contributed by atoms with Crippen molar-refractivity contribution >= 4 is 41.0 Å². The summed E-state index contributed by atoms with van der Waals surface area (Å²) in [6, 6.07) is 3.79. The van der Waals surface area contributed by atoms with Crippen LogP contribution >= 0.6 is 0 Å². The first-order valence-corrected chi connectivity index (χ1v) is 17.6. The highest BCUT2D eigenvalue weighted by atomic mass is 32.2. The molecule has 0 spiro atoms. The van der Waals surface area contributed by atoms with E-state index in [4.69, 9.17) is 13.9 Å². The lowest BCUT2D eigenvalue weighted by Crippen LogP contribution is -2.53. The van der Waals surface area contributed by atoms with Crippen molar-refractivity contribution in [2.45, 2.75) is 64.8 Å². The fraction of sp³-hybridized carbons (Fsp3) is 0.593. The third kappa shape index (κ3) is 6.22. The summed E-state index contributed by atoms with van der Waals surface area (Å²) in [5.74, 6) is 2.26. The number of methoxy groups -OCH3 is 2. The second-order valence-electron chi connectivity index (χ2n) is 11.8. The maximum absolute atomic E-state index is 12.6. The Hall–Kier alpha value is -2.70. The van der Waals surface area contributed by atoms with Gasteiger partial charge in [0.1, 0.15) is 12.1 Å². The van der Waals surface area contributed by atoms with E-state index in [1.807, 2.05) is 12.1 Å². The number of aromatic nitrogens is 2. The van der Waals surface area contributed by atoms with Gasteiger partial charge in [0.15, 0.2) is 19.8 Å². The molecule has 4 rings (SSSR count). The van der Waals surface area contributed by atoms with Crippen LogP contribution in [0.3, 0.4) is 0 Å². The molecule has 2 aliphatic rings. The Morgan fingerprint density at radius 3 is 2.44 bits per heavy atom. The number of anilines is 1. The predicted octanol–water partition coefficient (Wildman–Crippen LogP) is 4.79. The van der Waals surface area contributed by atoms with Gasteiger partial charge in [0, 0.05) is 37.3 Å². The van der Waals surface area contributed by atoms with E-state index in [0.29, 0.717) is 36.7 Å². The van der Waals surface area contributed by atoms with Crippen molar-refractivity contribution in [3.63, 3.8) is 0 Å². The molecule has 0 N–H and O–H groups in total. The highest BCUT2D eigenvalue weighted by molar-refractivity contribution is 7.88. The molecule has 39 heavy (non-hydrogen) atoms. The average Bonchev–Trinajstić information content (AvgIpc) is 2.86. The number of piperidine rings is 1. The minimum absolute atomic E-state index is 0.0382. The lowest BCUT2D eigenvalue weighted by Gasteiger charge is -2.46. The maximum Gasteiger partial charge on any atom is 0.344 e. The minimum atomic E-state index is -3.69. The molecule has 3 heterocycles. The van der Waals surface area contributed by atoms with E-state index >= 15 is 0 Å². The summed E-state index contributed by atoms with van der Waals surface area (Å²) in [6.07, 6.45) is 6.38. The lowest BCUT2D eigenvalue weighted by molar-refractivity contribution is 0.0946. The van der Waals surface area contributed by atoms with Crippen LogP contribution in [0, 0.1) is 5.92 Å². The molecule has 0 saturated carbocycles. The Morgan fingerprint density at radius 1 is 1.10 bits per heavy atom. The van der Waals surface area contributed by atoms with E-state index in [2.05, 4.69) is 53.1 Å². The molecule has 0 aliphatic carbocycles. The van der Waals surface area contributed by atoms with Crippen molar-refractivity contribution in [2.75, 3.05) is 38.8 Å². The smallest absolute Gasteiger partial charge is 0.344 e. The molecule has 2 unspecified atom stereocenters. The molecule has 1 aromatic carbocycles. The zero-order valence-corrected chi connectivity index (χ0v) is 26.1. The molecule has 2 aromatic rings. The summed E-state index contributed by atoms with van der Waals surface area (Å²) in [5.41, 5.74) is 1.27. The summed E-state index contributed by atoms with van der Waals surface area (Å²) >= 11 is 0. The number of ether oxygens (including phenoxy) is 2. The predicted molar refractivity (Wildman–Crippen MR) is 158 cm³/mol. The molecule has 1 fully saturated rings. The normalized spacial score (nSPS) is 21.7. The monoisotopic (exact) mass is 575 g/mol. The molecule has 0 bridgehead atoms. The van der Waals surface area contributed by atoms with Crippen LogP contribution in [0.25, 0.3) is 10.9 Å². The van der Waals surface area contributed by atoms with Crippen molar-refractivity contribution < 1.29 is 22.3 Å². The highest BCUT2D eigenvalue weighted by Gasteiger charge is 2.42. The van der Waals surface area contributed by atoms with Crippen LogP contribution in [0.5, 0.6) is 11.5 Å². The van der Waals surface area contributed by atoms with Gasteiger partial charge in [-0.15, -0.1) is 0 Å². The molecule has 1 saturated heterocycles. The van der Waals surface area contributed by atoms with E-state index in [0.717, 1.165) is 29.7 Å². The molecule has 10 nitrogen and oxygen atoms in total. The van der Waals surface area contributed by atoms with Gasteiger partial charge < -0.3 is 18.8 Å². The molecule has 2 aliphatic heterocycles. The van der Waals surface area contributed by atoms with Crippen LogP contribution < -0.4 is 14.4 Å². The van der Waals surface area contributed by atoms with Gasteiger partial charge in [0.2, 0.25) is 0 Å². The van der Waals surface area contributed by atoms with Crippen LogP contribution in [-0.4, -0.2) is 76.7 Å². The van der Waals surface area contributed by atoms with Gasteiger partial charge in [-0.1, -0.05) is 20.8 Å². The summed E-state index contributed by atoms with van der Waals surface area (Å²) < 4.78 is 48.4. The summed E-state index contributed by atoms with van der Waals surface area (Å²) in [5, 5.41) is 0.925. The third-order valence-electron chi connectivity index (χ3n) is 8.13. The van der Waals surface area contributed by atoms with Gasteiger partial charge in [-0.3, -0.25) is 4.31 Å². The zero-order valence-electron chi connectivity index (χ0n) is 24.3. The fourth-order valence-electron chi connectivity index (χ4n) is 4.81. The Kier molecular flexibility index (Phi) is 8.30. The van der Waals surface area contributed by atoms with Crippen molar-refractivity contribution in [3.05, 3.63) is 30.7 Å². The van der Waals surface area contributed by atoms with Crippen molar-refractivity contribution in [3.8, 4) is 11.5 Å². The number of allylic oxidation sites excluding steroid dienone is 1. The average molecular weight is 576 g/mol. The second-order valence-corrected chi connectivity index (χ2v) is 18.1. The van der Waals surface area contributed by atoms with Gasteiger partial charge >= 0.3 is 10.2 Å². The largest absolute Gasteiger partial charge is 0.493 e. The topological polar surface area (TPSA) is 106 Å². The molecular formula is C27H41N5O5SSi. The Balaban J connectivity index is 1.62. The molecule has 12 heteroatoms. The number of fused-ring (bicyclic) bond motifs is 1. The molecule has 0 radical (unpaired) electrons. The quantitative estimate of drug-likeness (QED) is 0.414. The third-order valence-corrected chi connectivity index (χ3v) is 14.0. The van der Waals surface area contributed by atoms with Gasteiger partial charge in [-0.2, -0.15) is 12.8 Å². The highest BCUT2D eigenvalue weighted by Crippen LogP contribution is 2.41. The van der Waals surface area contributed by atoms with Crippen LogP contribution in [0.15, 0.2) is 35.1 Å². The Labute approximate surface area is 233 Å². The molecule has 2 atom stereocenters. The fourth-order valence-corrected chi connectivity index (χ4v) is 7.27. The minimum Gasteiger partial charge on any atom is -0.493 e. The number of nitrogens with zero attached hydrogens (tertiary/aromatic N) is 5. The van der Waals surface area contributed by atoms with E-state index in [1.54, 1.807) is 39.7 Å². The Morgan fingerprint density at radius 2 is 1.79 bits per heavy atom. The first-order chi connectivity index (χ1) is 18.3. The van der Waals surface area contributed by atoms with Crippen molar-refractivity contribution in [2.24, 2.45) is 10.3 Å². The summed E-state index contributed by atoms with van der Waals surface area (Å²) in [7, 11) is -2.58. The lowest BCUT2D eigenvalue weighted by atomic mass is 9.90. The molecule has 214 valence electrons. The SMILES string of the molecule is COc1cc2ncnc(N3CCC(CCN4C=CC(C)=NS4(=O)=O)C(O[Si](C)(C)C(C)(C)C)C3)c2cc1OC. The first-order valence-electron chi connectivity index (χ1n) is 13.3. The molecular weight excluding hydrogens is 534 g/mol. The van der Waals surface area contributed by atoms with E-state index in [-0.39, 0.29) is 17.1 Å². The van der Waals surface area contributed by atoms with Gasteiger partial charge in [-0.25, -0.2) is 9.97 Å². The zero-order chi connectivity index (χ0) is 28.6. The number of benzene rings is 1. The summed E-state index contributed by atoms with van der Waals surface area (Å²) in [6.45, 7) is 14.7. The standard InChI is InChI=1S/C27H41N5O5SSi/c1-19-9-13-32(38(33,34)30-19)14-11-20-10-12-31(17-25(20)37-39(7,8)27(2,3)4)26-21-15-23(35-5)24(36-6)16-22(21)28-18-29-26/h9,13,15-16,18,20,25H,10-12,14,17H2,1-8H3. The molecule has 1 aromatic heterocycles. The number of hydrogen-bond donors (Lipinski definition) is 0.